The van der Waals surface area contributed by atoms with Crippen LogP contribution in [-0.4, -0.2) is 38.1 Å². The minimum absolute atomic E-state index is 0.0484. The van der Waals surface area contributed by atoms with Crippen LogP contribution >= 0.6 is 0 Å². The molecule has 0 spiro atoms. The fourth-order valence-electron chi connectivity index (χ4n) is 2.73. The van der Waals surface area contributed by atoms with Crippen molar-refractivity contribution in [3.05, 3.63) is 95.1 Å². The first-order valence-corrected chi connectivity index (χ1v) is 9.33. The monoisotopic (exact) mass is 434 g/mol. The van der Waals surface area contributed by atoms with E-state index in [-0.39, 0.29) is 33.8 Å². The van der Waals surface area contributed by atoms with Crippen molar-refractivity contribution >= 4 is 23.9 Å². The zero-order chi connectivity index (χ0) is 23.1. The first kappa shape index (κ1) is 22.2. The largest absolute Gasteiger partial charge is 0.465 e. The molecular formula is C24H18O8. The highest BCUT2D eigenvalue weighted by molar-refractivity contribution is 5.98. The number of methoxy groups -OCH3 is 2. The van der Waals surface area contributed by atoms with Crippen LogP contribution in [0.4, 0.5) is 0 Å². The number of ether oxygens (including phenoxy) is 4. The maximum atomic E-state index is 12.5. The second-order valence-electron chi connectivity index (χ2n) is 6.33. The zero-order valence-electron chi connectivity index (χ0n) is 17.2. The van der Waals surface area contributed by atoms with E-state index in [0.29, 0.717) is 0 Å². The van der Waals surface area contributed by atoms with Gasteiger partial charge >= 0.3 is 23.9 Å². The second-order valence-corrected chi connectivity index (χ2v) is 6.33. The van der Waals surface area contributed by atoms with Crippen molar-refractivity contribution in [1.82, 2.24) is 0 Å². The highest BCUT2D eigenvalue weighted by atomic mass is 16.6. The van der Waals surface area contributed by atoms with Gasteiger partial charge in [-0.3, -0.25) is 0 Å². The van der Waals surface area contributed by atoms with Gasteiger partial charge in [0.2, 0.25) is 0 Å². The van der Waals surface area contributed by atoms with Crippen molar-refractivity contribution in [3.8, 4) is 11.5 Å². The molecule has 8 heteroatoms. The van der Waals surface area contributed by atoms with Crippen LogP contribution in [0.25, 0.3) is 0 Å². The van der Waals surface area contributed by atoms with Crippen molar-refractivity contribution in [2.24, 2.45) is 0 Å². The van der Waals surface area contributed by atoms with Gasteiger partial charge in [-0.2, -0.15) is 0 Å². The Morgan fingerprint density at radius 1 is 0.500 bits per heavy atom. The molecule has 0 saturated carbocycles. The summed E-state index contributed by atoms with van der Waals surface area (Å²) < 4.78 is 19.9. The zero-order valence-corrected chi connectivity index (χ0v) is 17.2. The van der Waals surface area contributed by atoms with Crippen LogP contribution in [0.5, 0.6) is 11.5 Å². The minimum atomic E-state index is -0.725. The Morgan fingerprint density at radius 2 is 0.844 bits per heavy atom. The molecule has 3 aromatic carbocycles. The third-order valence-corrected chi connectivity index (χ3v) is 4.35. The molecule has 32 heavy (non-hydrogen) atoms. The SMILES string of the molecule is COC(=O)c1ccccc1OC(=O)c1ccc(C(=O)Oc2ccccc2C(=O)OC)cc1. The molecule has 0 atom stereocenters. The molecule has 0 aromatic heterocycles. The van der Waals surface area contributed by atoms with Gasteiger partial charge in [0.05, 0.1) is 25.3 Å². The maximum absolute atomic E-state index is 12.5. The molecule has 0 saturated heterocycles. The van der Waals surface area contributed by atoms with Crippen molar-refractivity contribution in [2.45, 2.75) is 0 Å². The summed E-state index contributed by atoms with van der Waals surface area (Å²) in [4.78, 5) is 48.5. The topological polar surface area (TPSA) is 105 Å². The molecule has 0 heterocycles. The summed E-state index contributed by atoms with van der Waals surface area (Å²) in [5.41, 5.74) is 0.507. The predicted molar refractivity (Wildman–Crippen MR) is 112 cm³/mol. The van der Waals surface area contributed by atoms with Crippen molar-refractivity contribution in [3.63, 3.8) is 0 Å². The Bertz CT molecular complexity index is 1070. The van der Waals surface area contributed by atoms with E-state index in [9.17, 15) is 19.2 Å². The van der Waals surface area contributed by atoms with Gasteiger partial charge in [0.15, 0.2) is 0 Å². The Balaban J connectivity index is 1.73. The molecule has 0 amide bonds. The van der Waals surface area contributed by atoms with Crippen LogP contribution < -0.4 is 9.47 Å². The number of esters is 4. The van der Waals surface area contributed by atoms with Crippen LogP contribution in [0.2, 0.25) is 0 Å². The fourth-order valence-corrected chi connectivity index (χ4v) is 2.73. The third-order valence-electron chi connectivity index (χ3n) is 4.35. The molecule has 0 N–H and O–H groups in total. The van der Waals surface area contributed by atoms with Crippen molar-refractivity contribution in [1.29, 1.82) is 0 Å². The molecule has 0 fully saturated rings. The normalized spacial score (nSPS) is 10.1. The summed E-state index contributed by atoms with van der Waals surface area (Å²) in [6, 6.07) is 17.9. The van der Waals surface area contributed by atoms with E-state index in [1.54, 1.807) is 24.3 Å². The van der Waals surface area contributed by atoms with E-state index >= 15 is 0 Å². The maximum Gasteiger partial charge on any atom is 0.343 e. The molecule has 0 unspecified atom stereocenters. The minimum Gasteiger partial charge on any atom is -0.465 e. The van der Waals surface area contributed by atoms with Gasteiger partial charge in [-0.05, 0) is 48.5 Å². The molecule has 0 bridgehead atoms. The number of benzene rings is 3. The standard InChI is InChI=1S/C24H18O8/c1-29-23(27)17-7-3-5-9-19(17)31-21(25)15-11-13-16(14-12-15)22(26)32-20-10-6-4-8-18(20)24(28)30-2/h3-14H,1-2H3. The molecule has 162 valence electrons. The number of hydrogen-bond acceptors (Lipinski definition) is 8. The molecule has 0 radical (unpaired) electrons. The number of carbonyl (C=O) groups is 4. The van der Waals surface area contributed by atoms with Crippen LogP contribution in [0.15, 0.2) is 72.8 Å². The lowest BCUT2D eigenvalue weighted by Crippen LogP contribution is -2.14. The Labute approximate surface area is 183 Å². The van der Waals surface area contributed by atoms with E-state index in [1.807, 2.05) is 0 Å². The average Bonchev–Trinajstić information content (AvgIpc) is 2.83. The molecule has 3 rings (SSSR count). The lowest BCUT2D eigenvalue weighted by Gasteiger charge is -2.10. The average molecular weight is 434 g/mol. The van der Waals surface area contributed by atoms with Gasteiger partial charge in [-0.25, -0.2) is 19.2 Å². The third kappa shape index (κ3) is 4.99. The van der Waals surface area contributed by atoms with Crippen LogP contribution in [0.3, 0.4) is 0 Å². The van der Waals surface area contributed by atoms with E-state index in [0.717, 1.165) is 0 Å². The quantitative estimate of drug-likeness (QED) is 0.427. The van der Waals surface area contributed by atoms with E-state index < -0.39 is 23.9 Å². The number of carbonyl (C=O) groups excluding carboxylic acids is 4. The van der Waals surface area contributed by atoms with Crippen LogP contribution in [0, 0.1) is 0 Å². The Kier molecular flexibility index (Phi) is 6.97. The van der Waals surface area contributed by atoms with E-state index in [4.69, 9.17) is 9.47 Å². The predicted octanol–water partition coefficient (Wildman–Crippen LogP) is 3.70. The first-order chi connectivity index (χ1) is 15.4. The van der Waals surface area contributed by atoms with Gasteiger partial charge in [0, 0.05) is 0 Å². The van der Waals surface area contributed by atoms with E-state index in [1.165, 1.54) is 62.8 Å². The van der Waals surface area contributed by atoms with Crippen molar-refractivity contribution < 1.29 is 38.1 Å². The summed E-state index contributed by atoms with van der Waals surface area (Å²) >= 11 is 0. The number of hydrogen-bond donors (Lipinski definition) is 0. The Morgan fingerprint density at radius 3 is 1.19 bits per heavy atom. The van der Waals surface area contributed by atoms with E-state index in [2.05, 4.69) is 9.47 Å². The first-order valence-electron chi connectivity index (χ1n) is 9.33. The summed E-state index contributed by atoms with van der Waals surface area (Å²) in [6.45, 7) is 0. The van der Waals surface area contributed by atoms with Crippen molar-refractivity contribution in [2.75, 3.05) is 14.2 Å². The lowest BCUT2D eigenvalue weighted by molar-refractivity contribution is 0.0579. The summed E-state index contributed by atoms with van der Waals surface area (Å²) in [7, 11) is 2.45. The summed E-state index contributed by atoms with van der Waals surface area (Å²) in [6.07, 6.45) is 0. The molecule has 8 nitrogen and oxygen atoms in total. The van der Waals surface area contributed by atoms with Gasteiger partial charge in [-0.15, -0.1) is 0 Å². The molecular weight excluding hydrogens is 416 g/mol. The fraction of sp³-hybridized carbons (Fsp3) is 0.0833. The second kappa shape index (κ2) is 10.0. The highest BCUT2D eigenvalue weighted by Crippen LogP contribution is 2.22. The highest BCUT2D eigenvalue weighted by Gasteiger charge is 2.19. The number of para-hydroxylation sites is 2. The Hall–Kier alpha value is -4.46. The molecule has 3 aromatic rings. The van der Waals surface area contributed by atoms with Gasteiger partial charge in [0.25, 0.3) is 0 Å². The van der Waals surface area contributed by atoms with Gasteiger partial charge in [0.1, 0.15) is 22.6 Å². The summed E-state index contributed by atoms with van der Waals surface area (Å²) in [5, 5.41) is 0. The molecule has 0 aliphatic carbocycles. The molecule has 0 aliphatic heterocycles. The van der Waals surface area contributed by atoms with Crippen LogP contribution in [0.1, 0.15) is 41.4 Å². The lowest BCUT2D eigenvalue weighted by atomic mass is 10.1. The summed E-state index contributed by atoms with van der Waals surface area (Å²) in [5.74, 6) is -2.63. The van der Waals surface area contributed by atoms with Gasteiger partial charge in [-0.1, -0.05) is 24.3 Å². The van der Waals surface area contributed by atoms with Crippen LogP contribution in [-0.2, 0) is 9.47 Å². The molecule has 0 aliphatic rings. The smallest absolute Gasteiger partial charge is 0.343 e. The number of rotatable bonds is 6. The van der Waals surface area contributed by atoms with Gasteiger partial charge < -0.3 is 18.9 Å².